The summed E-state index contributed by atoms with van der Waals surface area (Å²) in [5.74, 6) is 0.0163. The molecule has 7 heteroatoms. The number of hydrogen-bond acceptors (Lipinski definition) is 4. The average molecular weight is 298 g/mol. The van der Waals surface area contributed by atoms with Gasteiger partial charge in [0.05, 0.1) is 19.3 Å². The topological polar surface area (TPSA) is 63.7 Å². The van der Waals surface area contributed by atoms with Crippen molar-refractivity contribution in [1.82, 2.24) is 4.31 Å². The van der Waals surface area contributed by atoms with Gasteiger partial charge in [-0.05, 0) is 19.3 Å². The molecule has 0 bridgehead atoms. The van der Waals surface area contributed by atoms with Crippen molar-refractivity contribution >= 4 is 27.6 Å². The van der Waals surface area contributed by atoms with Gasteiger partial charge in [-0.1, -0.05) is 6.42 Å². The van der Waals surface area contributed by atoms with Gasteiger partial charge in [0.15, 0.2) is 0 Å². The first kappa shape index (κ1) is 15.7. The summed E-state index contributed by atoms with van der Waals surface area (Å²) in [5, 5.41) is 0. The van der Waals surface area contributed by atoms with Crippen LogP contribution in [0.2, 0.25) is 0 Å². The molecule has 0 amide bonds. The van der Waals surface area contributed by atoms with Crippen molar-refractivity contribution in [3.63, 3.8) is 0 Å². The summed E-state index contributed by atoms with van der Waals surface area (Å²) in [6.07, 6.45) is 3.08. The van der Waals surface area contributed by atoms with Gasteiger partial charge in [0.25, 0.3) is 0 Å². The van der Waals surface area contributed by atoms with Crippen molar-refractivity contribution in [1.29, 1.82) is 0 Å². The first-order valence-corrected chi connectivity index (χ1v) is 8.28. The second-order valence-electron chi connectivity index (χ2n) is 4.40. The van der Waals surface area contributed by atoms with Crippen LogP contribution in [-0.4, -0.2) is 50.0 Å². The van der Waals surface area contributed by atoms with Crippen LogP contribution in [0.15, 0.2) is 0 Å². The molecule has 0 saturated carbocycles. The van der Waals surface area contributed by atoms with Gasteiger partial charge in [0.2, 0.25) is 10.0 Å². The highest BCUT2D eigenvalue weighted by Gasteiger charge is 2.33. The van der Waals surface area contributed by atoms with Gasteiger partial charge in [-0.3, -0.25) is 4.79 Å². The number of nitrogens with zero attached hydrogens (tertiary/aromatic N) is 1. The van der Waals surface area contributed by atoms with Crippen LogP contribution in [0.1, 0.15) is 32.1 Å². The maximum absolute atomic E-state index is 12.1. The zero-order chi connectivity index (χ0) is 13.6. The standard InChI is InChI=1S/C11H20ClNO4S/c1-17-11(14)9-10-5-2-3-7-13(10)18(15,16)8-4-6-12/h10H,2-9H2,1H3. The number of alkyl halides is 1. The molecule has 0 spiro atoms. The fraction of sp³-hybridized carbons (Fsp3) is 0.909. The van der Waals surface area contributed by atoms with Crippen LogP contribution in [0.4, 0.5) is 0 Å². The third kappa shape index (κ3) is 4.40. The molecule has 106 valence electrons. The Morgan fingerprint density at radius 2 is 2.17 bits per heavy atom. The Balaban J connectivity index is 2.72. The van der Waals surface area contributed by atoms with Gasteiger partial charge < -0.3 is 4.74 Å². The number of rotatable bonds is 6. The number of carbonyl (C=O) groups is 1. The fourth-order valence-electron chi connectivity index (χ4n) is 2.17. The molecule has 1 atom stereocenters. The number of ether oxygens (including phenoxy) is 1. The number of methoxy groups -OCH3 is 1. The van der Waals surface area contributed by atoms with E-state index in [4.69, 9.17) is 11.6 Å². The van der Waals surface area contributed by atoms with E-state index in [-0.39, 0.29) is 24.2 Å². The highest BCUT2D eigenvalue weighted by molar-refractivity contribution is 7.89. The monoisotopic (exact) mass is 297 g/mol. The molecule has 1 aliphatic rings. The number of esters is 1. The van der Waals surface area contributed by atoms with Crippen LogP contribution in [-0.2, 0) is 19.6 Å². The van der Waals surface area contributed by atoms with Crippen LogP contribution < -0.4 is 0 Å². The normalized spacial score (nSPS) is 21.8. The third-order valence-corrected chi connectivity index (χ3v) is 5.36. The summed E-state index contributed by atoms with van der Waals surface area (Å²) in [6.45, 7) is 0.492. The Bertz CT molecular complexity index is 371. The van der Waals surface area contributed by atoms with Gasteiger partial charge in [-0.2, -0.15) is 4.31 Å². The van der Waals surface area contributed by atoms with E-state index in [2.05, 4.69) is 4.74 Å². The van der Waals surface area contributed by atoms with Crippen molar-refractivity contribution in [3.8, 4) is 0 Å². The van der Waals surface area contributed by atoms with E-state index in [0.717, 1.165) is 19.3 Å². The van der Waals surface area contributed by atoms with E-state index >= 15 is 0 Å². The van der Waals surface area contributed by atoms with Crippen LogP contribution in [0.5, 0.6) is 0 Å². The molecule has 1 heterocycles. The highest BCUT2D eigenvalue weighted by Crippen LogP contribution is 2.23. The van der Waals surface area contributed by atoms with Crippen LogP contribution in [0, 0.1) is 0 Å². The van der Waals surface area contributed by atoms with Crippen molar-refractivity contribution in [2.75, 3.05) is 25.3 Å². The fourth-order valence-corrected chi connectivity index (χ4v) is 4.25. The summed E-state index contributed by atoms with van der Waals surface area (Å²) in [4.78, 5) is 11.3. The van der Waals surface area contributed by atoms with E-state index in [1.165, 1.54) is 11.4 Å². The number of sulfonamides is 1. The lowest BCUT2D eigenvalue weighted by molar-refractivity contribution is -0.141. The first-order chi connectivity index (χ1) is 8.51. The summed E-state index contributed by atoms with van der Waals surface area (Å²) in [5.41, 5.74) is 0. The quantitative estimate of drug-likeness (QED) is 0.548. The molecule has 0 aromatic rings. The van der Waals surface area contributed by atoms with E-state index in [1.807, 2.05) is 0 Å². The molecule has 0 radical (unpaired) electrons. The molecular weight excluding hydrogens is 278 g/mol. The number of carbonyl (C=O) groups excluding carboxylic acids is 1. The molecule has 0 aromatic carbocycles. The van der Waals surface area contributed by atoms with Crippen LogP contribution >= 0.6 is 11.6 Å². The molecule has 1 fully saturated rings. The molecule has 0 aromatic heterocycles. The van der Waals surface area contributed by atoms with Gasteiger partial charge in [0, 0.05) is 18.5 Å². The van der Waals surface area contributed by atoms with Gasteiger partial charge in [-0.25, -0.2) is 8.42 Å². The molecule has 1 unspecified atom stereocenters. The lowest BCUT2D eigenvalue weighted by atomic mass is 10.0. The first-order valence-electron chi connectivity index (χ1n) is 6.13. The van der Waals surface area contributed by atoms with Gasteiger partial charge >= 0.3 is 5.97 Å². The average Bonchev–Trinajstić information content (AvgIpc) is 2.36. The lowest BCUT2D eigenvalue weighted by Gasteiger charge is -2.34. The summed E-state index contributed by atoms with van der Waals surface area (Å²) < 4.78 is 30.4. The molecule has 1 rings (SSSR count). The second kappa shape index (κ2) is 7.31. The largest absolute Gasteiger partial charge is 0.469 e. The third-order valence-electron chi connectivity index (χ3n) is 3.10. The minimum Gasteiger partial charge on any atom is -0.469 e. The zero-order valence-electron chi connectivity index (χ0n) is 10.6. The number of hydrogen-bond donors (Lipinski definition) is 0. The Hall–Kier alpha value is -0.330. The van der Waals surface area contributed by atoms with E-state index in [0.29, 0.717) is 18.8 Å². The molecule has 1 saturated heterocycles. The predicted molar refractivity (Wildman–Crippen MR) is 70.1 cm³/mol. The Morgan fingerprint density at radius 3 is 2.78 bits per heavy atom. The van der Waals surface area contributed by atoms with E-state index < -0.39 is 10.0 Å². The maximum atomic E-state index is 12.1. The van der Waals surface area contributed by atoms with Gasteiger partial charge in [0.1, 0.15) is 0 Å². The minimum absolute atomic E-state index is 0.0498. The molecular formula is C11H20ClNO4S. The summed E-state index contributed by atoms with van der Waals surface area (Å²) in [7, 11) is -1.99. The van der Waals surface area contributed by atoms with Gasteiger partial charge in [-0.15, -0.1) is 11.6 Å². The summed E-state index contributed by atoms with van der Waals surface area (Å²) in [6, 6.07) is -0.258. The molecule has 1 aliphatic heterocycles. The SMILES string of the molecule is COC(=O)CC1CCCCN1S(=O)(=O)CCCCl. The predicted octanol–water partition coefficient (Wildman–Crippen LogP) is 1.36. The minimum atomic E-state index is -3.31. The molecule has 5 nitrogen and oxygen atoms in total. The van der Waals surface area contributed by atoms with E-state index in [9.17, 15) is 13.2 Å². The van der Waals surface area contributed by atoms with E-state index in [1.54, 1.807) is 0 Å². The molecule has 18 heavy (non-hydrogen) atoms. The van der Waals surface area contributed by atoms with Crippen molar-refractivity contribution < 1.29 is 17.9 Å². The van der Waals surface area contributed by atoms with Crippen molar-refractivity contribution in [3.05, 3.63) is 0 Å². The van der Waals surface area contributed by atoms with Crippen LogP contribution in [0.3, 0.4) is 0 Å². The molecule has 0 aliphatic carbocycles. The second-order valence-corrected chi connectivity index (χ2v) is 6.82. The van der Waals surface area contributed by atoms with Crippen molar-refractivity contribution in [2.45, 2.75) is 38.1 Å². The Labute approximate surface area is 113 Å². The molecule has 0 N–H and O–H groups in total. The Morgan fingerprint density at radius 1 is 1.44 bits per heavy atom. The smallest absolute Gasteiger partial charge is 0.307 e. The zero-order valence-corrected chi connectivity index (χ0v) is 12.2. The van der Waals surface area contributed by atoms with Crippen LogP contribution in [0.25, 0.3) is 0 Å². The van der Waals surface area contributed by atoms with Crippen molar-refractivity contribution in [2.24, 2.45) is 0 Å². The number of halogens is 1. The highest BCUT2D eigenvalue weighted by atomic mass is 35.5. The summed E-state index contributed by atoms with van der Waals surface area (Å²) >= 11 is 5.53. The number of piperidine rings is 1. The Kier molecular flexibility index (Phi) is 6.38. The maximum Gasteiger partial charge on any atom is 0.307 e. The lowest BCUT2D eigenvalue weighted by Crippen LogP contribution is -2.45.